The molecule has 0 aromatic carbocycles. The first-order valence-electron chi connectivity index (χ1n) is 43.9. The van der Waals surface area contributed by atoms with Gasteiger partial charge in [0.15, 0.2) is 55.1 Å². The third-order valence-electron chi connectivity index (χ3n) is 21.9. The summed E-state index contributed by atoms with van der Waals surface area (Å²) in [6.07, 6.45) is -12.6. The van der Waals surface area contributed by atoms with Gasteiger partial charge in [0.2, 0.25) is 0 Å². The van der Waals surface area contributed by atoms with Crippen molar-refractivity contribution >= 4 is 56.5 Å². The van der Waals surface area contributed by atoms with E-state index in [4.69, 9.17) is 107 Å². The molecular weight excluding hydrogens is 1800 g/mol. The Balaban J connectivity index is 0.914. The van der Waals surface area contributed by atoms with Gasteiger partial charge in [-0.05, 0) is 78.6 Å². The Kier molecular flexibility index (Phi) is 52.6. The SMILES string of the molecule is CC1[C@H](OCC(=O)CCCCCCCO[C@@H]2C[C@@H](OP(=O)(O)OCCCOC(C)(C)C)C(COP(=O)(O)OCCCOP(=O)(O)O[C@@H]3C[C@@H](OCCCCCCCC(=O)CO[C@@H]4OC(CO)[C@H](O)[C@H](O)C4C)OC3COP(=O)(O)OCCCOP(=O)(O)OC3C[C@@H](OCCCCCCCC(=O)CO[C@@H]4OC(CO)[C@H](O)[C@H](O)C4C)O[C@@H]3CO)O2)OC(CO)[C@H](C)[C@@H]1O. The van der Waals surface area contributed by atoms with Gasteiger partial charge < -0.3 is 132 Å². The molecule has 6 aliphatic rings. The highest BCUT2D eigenvalue weighted by molar-refractivity contribution is 7.48. The summed E-state index contributed by atoms with van der Waals surface area (Å²) in [6, 6.07) is 0. The molecule has 14 unspecified atom stereocenters. The Hall–Kier alpha value is -1.32. The maximum absolute atomic E-state index is 13.5. The van der Waals surface area contributed by atoms with Crippen molar-refractivity contribution in [3.63, 3.8) is 0 Å². The summed E-state index contributed by atoms with van der Waals surface area (Å²) < 4.78 is 193. The van der Waals surface area contributed by atoms with Gasteiger partial charge in [-0.25, -0.2) is 22.8 Å². The summed E-state index contributed by atoms with van der Waals surface area (Å²) in [5.41, 5.74) is -0.478. The smallest absolute Gasteiger partial charge is 0.394 e. The lowest BCUT2D eigenvalue weighted by Gasteiger charge is -2.41. The summed E-state index contributed by atoms with van der Waals surface area (Å²) in [4.78, 5) is 91.4. The molecule has 0 aromatic heterocycles. The molecule has 6 aliphatic heterocycles. The minimum atomic E-state index is -5.10. The molecule has 127 heavy (non-hydrogen) atoms. The number of carbonyl (C=O) groups excluding carboxylic acids is 3. The van der Waals surface area contributed by atoms with Gasteiger partial charge in [0, 0.05) is 88.6 Å². The lowest BCUT2D eigenvalue weighted by molar-refractivity contribution is -0.280. The topological polar surface area (TPSA) is 632 Å². The van der Waals surface area contributed by atoms with Crippen LogP contribution in [0.1, 0.15) is 203 Å². The molecule has 6 rings (SSSR count). The molecule has 0 aromatic rings. The molecular formula is C77H143O45P5. The quantitative estimate of drug-likeness (QED) is 0.0267. The first-order chi connectivity index (χ1) is 60.1. The molecule has 0 amide bonds. The fraction of sp³-hybridized carbons (Fsp3) is 0.961. The van der Waals surface area contributed by atoms with E-state index >= 15 is 0 Å². The maximum Gasteiger partial charge on any atom is 0.472 e. The molecule has 50 heteroatoms. The highest BCUT2D eigenvalue weighted by atomic mass is 31.2. The number of hydrogen-bond donors (Lipinski definition) is 14. The molecule has 0 saturated carbocycles. The van der Waals surface area contributed by atoms with E-state index < -0.39 is 245 Å². The number of Topliss-reactive ketones (excluding diaryl/α,β-unsaturated/α-hetero) is 3. The van der Waals surface area contributed by atoms with Crippen molar-refractivity contribution in [1.29, 1.82) is 0 Å². The molecule has 29 atom stereocenters. The molecule has 45 nitrogen and oxygen atoms in total. The van der Waals surface area contributed by atoms with E-state index in [-0.39, 0.29) is 141 Å². The van der Waals surface area contributed by atoms with Crippen LogP contribution in [0.4, 0.5) is 0 Å². The Labute approximate surface area is 741 Å². The lowest BCUT2D eigenvalue weighted by Crippen LogP contribution is -2.55. The van der Waals surface area contributed by atoms with E-state index in [0.29, 0.717) is 70.6 Å². The van der Waals surface area contributed by atoms with Crippen LogP contribution in [0, 0.1) is 23.7 Å². The van der Waals surface area contributed by atoms with Crippen LogP contribution in [0.3, 0.4) is 0 Å². The molecule has 0 spiro atoms. The lowest BCUT2D eigenvalue weighted by atomic mass is 9.86. The number of phosphoric acid groups is 5. The number of phosphoric ester groups is 5. The van der Waals surface area contributed by atoms with Gasteiger partial charge in [0.05, 0.1) is 103 Å². The minimum absolute atomic E-state index is 0.0535. The molecule has 0 bridgehead atoms. The minimum Gasteiger partial charge on any atom is -0.394 e. The Morgan fingerprint density at radius 1 is 0.307 bits per heavy atom. The van der Waals surface area contributed by atoms with Gasteiger partial charge in [-0.3, -0.25) is 59.6 Å². The number of carbonyl (C=O) groups is 3. The largest absolute Gasteiger partial charge is 0.472 e. The summed E-state index contributed by atoms with van der Waals surface area (Å²) in [5, 5.41) is 89.8. The van der Waals surface area contributed by atoms with E-state index in [2.05, 4.69) is 0 Å². The number of aliphatic hydroxyl groups excluding tert-OH is 9. The van der Waals surface area contributed by atoms with Crippen LogP contribution in [0.5, 0.6) is 0 Å². The highest BCUT2D eigenvalue weighted by Gasteiger charge is 2.49. The molecule has 0 radical (unpaired) electrons. The van der Waals surface area contributed by atoms with Crippen LogP contribution in [0.15, 0.2) is 0 Å². The zero-order chi connectivity index (χ0) is 93.6. The molecule has 14 N–H and O–H groups in total. The Bertz CT molecular complexity index is 3350. The van der Waals surface area contributed by atoms with Gasteiger partial charge in [-0.1, -0.05) is 85.5 Å². The van der Waals surface area contributed by atoms with Gasteiger partial charge in [-0.2, -0.15) is 0 Å². The fourth-order valence-corrected chi connectivity index (χ4v) is 18.9. The van der Waals surface area contributed by atoms with Gasteiger partial charge >= 0.3 is 39.1 Å². The normalized spacial score (nSPS) is 32.6. The standard InChI is InChI=1S/C77H143O45P5/c1-50-60(41-78)117-74(51(2)69(50)85)103-45-54(82)26-17-12-9-15-21-30-101-67-39-58(121-126(96,97)109-33-23-32-106-77(5,6)7)64(115-67)48-112-124(92,93)108-35-25-37-111-127(98,99)122-59-40-68(102-31-22-16-10-13-19-28-56(84)47-105-76-53(4)71(87)73(89)63(44-81)119-76)116-65(59)49-113-123(90,91)107-34-24-36-110-125(94,95)120-57-38-66(114-61(57)42-79)100-29-20-14-8-11-18-27-55(83)46-104-75-52(3)70(86)72(88)62(43-80)118-75/h50-53,57-76,78-81,85-89H,8-49H2,1-7H3,(H,90,91)(H,92,93)(H,94,95)(H,96,97)(H,98,99)/t50-,51?,52?,53?,57?,58+,59+,60?,61+,62?,63?,64?,65?,66-,67-,68-,69-,70+,71+,72-,73-,74+,75+,76+/m0/s1. The van der Waals surface area contributed by atoms with Crippen molar-refractivity contribution in [1.82, 2.24) is 0 Å². The number of hydrogen-bond acceptors (Lipinski definition) is 40. The van der Waals surface area contributed by atoms with E-state index in [9.17, 15) is 108 Å². The maximum atomic E-state index is 13.5. The van der Waals surface area contributed by atoms with Crippen molar-refractivity contribution in [3.8, 4) is 0 Å². The summed E-state index contributed by atoms with van der Waals surface area (Å²) in [6.45, 7) is 5.97. The first-order valence-corrected chi connectivity index (χ1v) is 51.4. The number of rotatable bonds is 69. The van der Waals surface area contributed by atoms with Crippen LogP contribution in [0.2, 0.25) is 0 Å². The van der Waals surface area contributed by atoms with Crippen molar-refractivity contribution in [2.24, 2.45) is 23.7 Å². The van der Waals surface area contributed by atoms with Crippen LogP contribution in [-0.2, 0) is 144 Å². The van der Waals surface area contributed by atoms with Crippen molar-refractivity contribution in [3.05, 3.63) is 0 Å². The Morgan fingerprint density at radius 3 is 0.921 bits per heavy atom. The third-order valence-corrected chi connectivity index (χ3v) is 27.0. The van der Waals surface area contributed by atoms with Crippen LogP contribution >= 0.6 is 39.1 Å². The highest BCUT2D eigenvalue weighted by Crippen LogP contribution is 2.53. The first kappa shape index (κ1) is 114. The zero-order valence-electron chi connectivity index (χ0n) is 73.7. The molecule has 6 fully saturated rings. The molecule has 746 valence electrons. The van der Waals surface area contributed by atoms with Crippen LogP contribution in [0.25, 0.3) is 0 Å². The molecule has 6 heterocycles. The summed E-state index contributed by atoms with van der Waals surface area (Å²) in [5.74, 6) is -2.55. The average Bonchev–Trinajstić information content (AvgIpc) is 1.74. The number of ketones is 3. The second-order valence-corrected chi connectivity index (χ2v) is 40.7. The summed E-state index contributed by atoms with van der Waals surface area (Å²) >= 11 is 0. The monoisotopic (exact) mass is 1940 g/mol. The van der Waals surface area contributed by atoms with Crippen LogP contribution in [-0.4, -0.2) is 335 Å². The van der Waals surface area contributed by atoms with Crippen LogP contribution < -0.4 is 0 Å². The Morgan fingerprint density at radius 2 is 0.591 bits per heavy atom. The molecule has 0 aliphatic carbocycles. The second-order valence-electron chi connectivity index (χ2n) is 33.5. The van der Waals surface area contributed by atoms with Crippen molar-refractivity contribution in [2.45, 2.75) is 331 Å². The predicted octanol–water partition coefficient (Wildman–Crippen LogP) is 5.41. The fourth-order valence-electron chi connectivity index (χ4n) is 14.4. The van der Waals surface area contributed by atoms with Crippen molar-refractivity contribution < 1.29 is 214 Å². The van der Waals surface area contributed by atoms with E-state index in [1.807, 2.05) is 20.8 Å². The van der Waals surface area contributed by atoms with Gasteiger partial charge in [-0.15, -0.1) is 0 Å². The van der Waals surface area contributed by atoms with E-state index in [0.717, 1.165) is 25.7 Å². The number of aliphatic hydroxyl groups is 9. The number of ether oxygens (including phenoxy) is 13. The second kappa shape index (κ2) is 58.4. The van der Waals surface area contributed by atoms with E-state index in [1.54, 1.807) is 27.7 Å². The summed E-state index contributed by atoms with van der Waals surface area (Å²) in [7, 11) is -24.7. The van der Waals surface area contributed by atoms with Gasteiger partial charge in [0.1, 0.15) is 80.9 Å². The predicted molar refractivity (Wildman–Crippen MR) is 440 cm³/mol. The van der Waals surface area contributed by atoms with E-state index in [1.165, 1.54) is 0 Å². The molecule has 6 saturated heterocycles. The zero-order valence-corrected chi connectivity index (χ0v) is 78.2. The number of unbranched alkanes of at least 4 members (excludes halogenated alkanes) is 12. The van der Waals surface area contributed by atoms with Gasteiger partial charge in [0.25, 0.3) is 0 Å². The van der Waals surface area contributed by atoms with Crippen molar-refractivity contribution in [2.75, 3.05) is 119 Å². The average molecular weight is 1940 g/mol. The third kappa shape index (κ3) is 43.5.